The van der Waals surface area contributed by atoms with Crippen molar-refractivity contribution >= 4 is 29.5 Å². The Balaban J connectivity index is 2.36. The van der Waals surface area contributed by atoms with Crippen LogP contribution in [0, 0.1) is 17.8 Å². The molecular weight excluding hydrogens is 540 g/mol. The molecule has 0 radical (unpaired) electrons. The van der Waals surface area contributed by atoms with E-state index in [1.165, 1.54) is 11.8 Å². The molecule has 0 unspecified atom stereocenters. The molecule has 0 N–H and O–H groups in total. The Kier molecular flexibility index (Phi) is 12.7. The third kappa shape index (κ3) is 9.47. The highest BCUT2D eigenvalue weighted by Gasteiger charge is 2.41. The van der Waals surface area contributed by atoms with E-state index in [0.717, 1.165) is 16.9 Å². The number of carbonyl (C=O) groups is 3. The summed E-state index contributed by atoms with van der Waals surface area (Å²) in [5.41, 5.74) is 0.311. The van der Waals surface area contributed by atoms with Crippen LogP contribution in [0.4, 0.5) is 0 Å². The maximum atomic E-state index is 13.5. The first kappa shape index (κ1) is 34.6. The minimum absolute atomic E-state index is 0.0450. The molecule has 0 bridgehead atoms. The van der Waals surface area contributed by atoms with Crippen LogP contribution < -0.4 is 4.74 Å². The fourth-order valence-electron chi connectivity index (χ4n) is 5.52. The average Bonchev–Trinajstić information content (AvgIpc) is 2.93. The van der Waals surface area contributed by atoms with Crippen molar-refractivity contribution in [3.05, 3.63) is 53.6 Å². The maximum absolute atomic E-state index is 13.5. The zero-order valence-electron chi connectivity index (χ0n) is 26.2. The van der Waals surface area contributed by atoms with Gasteiger partial charge in [0.2, 0.25) is 0 Å². The van der Waals surface area contributed by atoms with Gasteiger partial charge < -0.3 is 18.9 Å². The van der Waals surface area contributed by atoms with Crippen molar-refractivity contribution in [2.45, 2.75) is 90.8 Å². The molecule has 0 aromatic heterocycles. The summed E-state index contributed by atoms with van der Waals surface area (Å²) in [6.07, 6.45) is 2.36. The van der Waals surface area contributed by atoms with Gasteiger partial charge in [-0.1, -0.05) is 45.1 Å². The van der Waals surface area contributed by atoms with Crippen LogP contribution in [0.5, 0.6) is 5.75 Å². The van der Waals surface area contributed by atoms with Crippen molar-refractivity contribution in [2.24, 2.45) is 17.8 Å². The molecule has 0 aliphatic carbocycles. The van der Waals surface area contributed by atoms with Crippen LogP contribution >= 0.6 is 11.8 Å². The van der Waals surface area contributed by atoms with Gasteiger partial charge in [0.25, 0.3) is 0 Å². The van der Waals surface area contributed by atoms with E-state index in [4.69, 9.17) is 18.9 Å². The Morgan fingerprint density at radius 2 is 1.68 bits per heavy atom. The number of hydrogen-bond acceptors (Lipinski definition) is 8. The molecule has 2 rings (SSSR count). The molecule has 0 saturated heterocycles. The van der Waals surface area contributed by atoms with Gasteiger partial charge in [0, 0.05) is 18.8 Å². The number of ether oxygens (including phenoxy) is 4. The summed E-state index contributed by atoms with van der Waals surface area (Å²) in [6.45, 7) is 17.2. The van der Waals surface area contributed by atoms with Gasteiger partial charge >= 0.3 is 11.9 Å². The number of ketones is 1. The standard InChI is InChI=1S/C33H48O7S/c1-11-28-33(8,40-29(34)20-41-19-26-12-14-27(37-9)15-13-26)18-23(4)30(35)22(3)17-32(7,38-10)16-21(2)24(5)25(6)31(36)39-28/h12-15,18,21-22,25,28H,5,11,16-17,19-20H2,1-4,6-10H3/b23-18+/t21-,22-,25-,28-,32+,33+/m1/s1. The number of Topliss-reactive ketones (excluding diaryl/α,β-unsaturated/α-hetero) is 1. The molecule has 1 aromatic carbocycles. The number of carbonyl (C=O) groups excluding carboxylic acids is 3. The minimum Gasteiger partial charge on any atom is -0.497 e. The Morgan fingerprint density at radius 3 is 2.24 bits per heavy atom. The van der Waals surface area contributed by atoms with Crippen LogP contribution in [0.3, 0.4) is 0 Å². The molecule has 0 fully saturated rings. The maximum Gasteiger partial charge on any atom is 0.316 e. The first-order valence-electron chi connectivity index (χ1n) is 14.3. The Labute approximate surface area is 250 Å². The summed E-state index contributed by atoms with van der Waals surface area (Å²) in [7, 11) is 3.26. The first-order chi connectivity index (χ1) is 19.2. The zero-order chi connectivity index (χ0) is 31.0. The summed E-state index contributed by atoms with van der Waals surface area (Å²) >= 11 is 1.42. The molecule has 6 atom stereocenters. The summed E-state index contributed by atoms with van der Waals surface area (Å²) in [5.74, 6) is -0.421. The fourth-order valence-corrected chi connectivity index (χ4v) is 6.28. The Morgan fingerprint density at radius 1 is 1.07 bits per heavy atom. The monoisotopic (exact) mass is 588 g/mol. The Hall–Kier alpha value is -2.58. The molecule has 1 aliphatic rings. The highest BCUT2D eigenvalue weighted by atomic mass is 32.2. The molecule has 1 heterocycles. The number of methoxy groups -OCH3 is 2. The summed E-state index contributed by atoms with van der Waals surface area (Å²) in [4.78, 5) is 40.0. The first-order valence-corrected chi connectivity index (χ1v) is 15.4. The van der Waals surface area contributed by atoms with E-state index in [9.17, 15) is 14.4 Å². The van der Waals surface area contributed by atoms with Crippen molar-refractivity contribution in [3.63, 3.8) is 0 Å². The van der Waals surface area contributed by atoms with Gasteiger partial charge in [-0.2, -0.15) is 0 Å². The largest absolute Gasteiger partial charge is 0.497 e. The number of cyclic esters (lactones) is 1. The quantitative estimate of drug-likeness (QED) is 0.244. The van der Waals surface area contributed by atoms with E-state index in [1.807, 2.05) is 52.0 Å². The minimum atomic E-state index is -1.34. The van der Waals surface area contributed by atoms with Gasteiger partial charge in [-0.15, -0.1) is 11.8 Å². The van der Waals surface area contributed by atoms with E-state index in [1.54, 1.807) is 41.1 Å². The highest BCUT2D eigenvalue weighted by Crippen LogP contribution is 2.36. The third-order valence-electron chi connectivity index (χ3n) is 8.10. The van der Waals surface area contributed by atoms with Crippen LogP contribution in [0.1, 0.15) is 73.3 Å². The van der Waals surface area contributed by atoms with E-state index in [2.05, 4.69) is 6.58 Å². The number of hydrogen-bond donors (Lipinski definition) is 0. The number of thioether (sulfide) groups is 1. The molecule has 228 valence electrons. The molecule has 7 nitrogen and oxygen atoms in total. The summed E-state index contributed by atoms with van der Waals surface area (Å²) in [5, 5.41) is 0. The van der Waals surface area contributed by atoms with E-state index in [0.29, 0.717) is 30.6 Å². The summed E-state index contributed by atoms with van der Waals surface area (Å²) < 4.78 is 23.1. The van der Waals surface area contributed by atoms with E-state index < -0.39 is 35.2 Å². The van der Waals surface area contributed by atoms with Crippen molar-refractivity contribution in [3.8, 4) is 5.75 Å². The molecule has 0 amide bonds. The van der Waals surface area contributed by atoms with E-state index >= 15 is 0 Å². The predicted octanol–water partition coefficient (Wildman–Crippen LogP) is 6.73. The second-order valence-electron chi connectivity index (χ2n) is 11.7. The van der Waals surface area contributed by atoms with Crippen molar-refractivity contribution in [2.75, 3.05) is 20.0 Å². The van der Waals surface area contributed by atoms with Crippen molar-refractivity contribution < 1.29 is 33.3 Å². The lowest BCUT2D eigenvalue weighted by Crippen LogP contribution is -2.46. The van der Waals surface area contributed by atoms with Gasteiger partial charge in [0.05, 0.1) is 24.4 Å². The lowest BCUT2D eigenvalue weighted by molar-refractivity contribution is -0.177. The smallest absolute Gasteiger partial charge is 0.316 e. The number of esters is 2. The van der Waals surface area contributed by atoms with Crippen LogP contribution in [0.2, 0.25) is 0 Å². The molecule has 1 aliphatic heterocycles. The van der Waals surface area contributed by atoms with Gasteiger partial charge in [-0.25, -0.2) is 0 Å². The van der Waals surface area contributed by atoms with Crippen LogP contribution in [0.25, 0.3) is 0 Å². The zero-order valence-corrected chi connectivity index (χ0v) is 27.0. The lowest BCUT2D eigenvalue weighted by atomic mass is 9.78. The molecule has 0 spiro atoms. The van der Waals surface area contributed by atoms with Gasteiger partial charge in [0.1, 0.15) is 11.9 Å². The van der Waals surface area contributed by atoms with Gasteiger partial charge in [-0.3, -0.25) is 14.4 Å². The van der Waals surface area contributed by atoms with Crippen molar-refractivity contribution in [1.29, 1.82) is 0 Å². The molecule has 1 aromatic rings. The van der Waals surface area contributed by atoms with Gasteiger partial charge in [0.15, 0.2) is 11.4 Å². The number of allylic oxidation sites excluding steroid dienone is 1. The highest BCUT2D eigenvalue weighted by molar-refractivity contribution is 7.99. The predicted molar refractivity (Wildman–Crippen MR) is 164 cm³/mol. The third-order valence-corrected chi connectivity index (χ3v) is 9.08. The summed E-state index contributed by atoms with van der Waals surface area (Å²) in [6, 6.07) is 7.65. The average molecular weight is 589 g/mol. The molecule has 8 heteroatoms. The number of benzene rings is 1. The number of rotatable bonds is 8. The topological polar surface area (TPSA) is 88.1 Å². The molecule has 41 heavy (non-hydrogen) atoms. The Bertz CT molecular complexity index is 1110. The fraction of sp³-hybridized carbons (Fsp3) is 0.606. The van der Waals surface area contributed by atoms with Crippen LogP contribution in [-0.2, 0) is 34.3 Å². The van der Waals surface area contributed by atoms with Crippen LogP contribution in [-0.4, -0.2) is 55.0 Å². The van der Waals surface area contributed by atoms with Crippen LogP contribution in [0.15, 0.2) is 48.1 Å². The van der Waals surface area contributed by atoms with Crippen molar-refractivity contribution in [1.82, 2.24) is 0 Å². The SMILES string of the molecule is C=C1[C@@H](C)C(=O)O[C@H](CC)[C@@](C)(OC(=O)CSCc2ccc(OC)cc2)/C=C(\C)C(=O)[C@H](C)C[C@@](C)(OC)C[C@H]1C. The molecular formula is C33H48O7S. The lowest BCUT2D eigenvalue weighted by Gasteiger charge is -2.37. The van der Waals surface area contributed by atoms with Gasteiger partial charge in [-0.05, 0) is 82.2 Å². The second-order valence-corrected chi connectivity index (χ2v) is 12.7. The molecule has 0 saturated carbocycles. The second kappa shape index (κ2) is 15.1. The normalized spacial score (nSPS) is 31.4. The van der Waals surface area contributed by atoms with E-state index in [-0.39, 0.29) is 23.4 Å².